The third kappa shape index (κ3) is 2.21. The maximum Gasteiger partial charge on any atom is 0.250 e. The number of primary amides is 1. The van der Waals surface area contributed by atoms with Gasteiger partial charge in [-0.3, -0.25) is 4.79 Å². The topological polar surface area (TPSA) is 72.1 Å². The van der Waals surface area contributed by atoms with Gasteiger partial charge in [0.1, 0.15) is 0 Å². The molecule has 90 valence electrons. The summed E-state index contributed by atoms with van der Waals surface area (Å²) in [7, 11) is 1.98. The van der Waals surface area contributed by atoms with E-state index in [1.165, 1.54) is 17.5 Å². The van der Waals surface area contributed by atoms with E-state index in [2.05, 4.69) is 28.7 Å². The Bertz CT molecular complexity index is 564. The highest BCUT2D eigenvalue weighted by atomic mass is 32.1. The number of hydrogen-bond donors (Lipinski definition) is 1. The van der Waals surface area contributed by atoms with Crippen molar-refractivity contribution in [3.63, 3.8) is 0 Å². The third-order valence-electron chi connectivity index (χ3n) is 2.60. The molecule has 17 heavy (non-hydrogen) atoms. The number of fused-ring (bicyclic) bond motifs is 1. The minimum absolute atomic E-state index is 0.367. The maximum atomic E-state index is 11.0. The lowest BCUT2D eigenvalue weighted by Gasteiger charge is -2.19. The molecule has 1 amide bonds. The zero-order valence-corrected chi connectivity index (χ0v) is 10.8. The van der Waals surface area contributed by atoms with Crippen LogP contribution in [0.15, 0.2) is 12.3 Å². The van der Waals surface area contributed by atoms with Crippen LogP contribution in [-0.2, 0) is 0 Å². The van der Waals surface area contributed by atoms with Crippen molar-refractivity contribution < 1.29 is 4.79 Å². The lowest BCUT2D eigenvalue weighted by molar-refractivity contribution is 0.1000. The highest BCUT2D eigenvalue weighted by Gasteiger charge is 2.12. The molecule has 0 bridgehead atoms. The van der Waals surface area contributed by atoms with Gasteiger partial charge >= 0.3 is 0 Å². The molecule has 0 spiro atoms. The molecular weight excluding hydrogens is 236 g/mol. The lowest BCUT2D eigenvalue weighted by atomic mass is 10.3. The van der Waals surface area contributed by atoms with E-state index in [1.807, 2.05) is 7.05 Å². The maximum absolute atomic E-state index is 11.0. The molecule has 2 heterocycles. The molecule has 0 fully saturated rings. The standard InChI is InChI=1S/C11H14N4OS/c1-6(2)15(3)11-14-10-8(17-11)4-7(5-13-10)9(12)16/h4-6H,1-3H3,(H2,12,16). The molecule has 0 atom stereocenters. The van der Waals surface area contributed by atoms with E-state index in [0.29, 0.717) is 17.3 Å². The second-order valence-corrected chi connectivity index (χ2v) is 5.12. The zero-order valence-electron chi connectivity index (χ0n) is 9.97. The molecule has 0 radical (unpaired) electrons. The van der Waals surface area contributed by atoms with Crippen LogP contribution < -0.4 is 10.6 Å². The second kappa shape index (κ2) is 4.29. The van der Waals surface area contributed by atoms with Gasteiger partial charge in [-0.25, -0.2) is 4.98 Å². The summed E-state index contributed by atoms with van der Waals surface area (Å²) in [6, 6.07) is 2.10. The van der Waals surface area contributed by atoms with Gasteiger partial charge in [0.05, 0.1) is 10.3 Å². The van der Waals surface area contributed by atoms with Crippen molar-refractivity contribution in [2.75, 3.05) is 11.9 Å². The number of amides is 1. The summed E-state index contributed by atoms with van der Waals surface area (Å²) in [5.41, 5.74) is 6.29. The molecule has 2 aromatic rings. The van der Waals surface area contributed by atoms with Gasteiger partial charge in [0.2, 0.25) is 5.91 Å². The van der Waals surface area contributed by atoms with Gasteiger partial charge in [-0.1, -0.05) is 11.3 Å². The Balaban J connectivity index is 2.47. The number of carbonyl (C=O) groups excluding carboxylic acids is 1. The molecule has 2 rings (SSSR count). The number of thiazole rings is 1. The first-order valence-electron chi connectivity index (χ1n) is 5.28. The number of nitrogens with two attached hydrogens (primary N) is 1. The first-order chi connectivity index (χ1) is 7.99. The van der Waals surface area contributed by atoms with Crippen LogP contribution in [0, 0.1) is 0 Å². The highest BCUT2D eigenvalue weighted by molar-refractivity contribution is 7.22. The summed E-state index contributed by atoms with van der Waals surface area (Å²) < 4.78 is 0.879. The molecule has 0 aromatic carbocycles. The Kier molecular flexibility index (Phi) is 2.97. The number of anilines is 1. The predicted molar refractivity (Wildman–Crippen MR) is 69.5 cm³/mol. The number of aromatic nitrogens is 2. The molecule has 5 nitrogen and oxygen atoms in total. The molecular formula is C11H14N4OS. The summed E-state index contributed by atoms with van der Waals surface area (Å²) in [6.07, 6.45) is 1.46. The number of pyridine rings is 1. The fourth-order valence-electron chi connectivity index (χ4n) is 1.31. The summed E-state index contributed by atoms with van der Waals surface area (Å²) in [5.74, 6) is -0.466. The Morgan fingerprint density at radius 1 is 1.53 bits per heavy atom. The van der Waals surface area contributed by atoms with Crippen LogP contribution in [0.4, 0.5) is 5.13 Å². The monoisotopic (exact) mass is 250 g/mol. The van der Waals surface area contributed by atoms with Crippen molar-refractivity contribution in [1.29, 1.82) is 0 Å². The minimum atomic E-state index is -0.466. The molecule has 0 aliphatic heterocycles. The van der Waals surface area contributed by atoms with Crippen molar-refractivity contribution in [3.05, 3.63) is 17.8 Å². The smallest absolute Gasteiger partial charge is 0.250 e. The Labute approximate surface area is 103 Å². The molecule has 6 heteroatoms. The predicted octanol–water partition coefficient (Wildman–Crippen LogP) is 1.63. The molecule has 0 aliphatic carbocycles. The van der Waals surface area contributed by atoms with E-state index in [1.54, 1.807) is 6.07 Å². The fourth-order valence-corrected chi connectivity index (χ4v) is 2.37. The van der Waals surface area contributed by atoms with Crippen LogP contribution in [0.3, 0.4) is 0 Å². The number of hydrogen-bond acceptors (Lipinski definition) is 5. The molecule has 0 saturated heterocycles. The third-order valence-corrected chi connectivity index (χ3v) is 3.68. The van der Waals surface area contributed by atoms with Gasteiger partial charge in [-0.05, 0) is 19.9 Å². The minimum Gasteiger partial charge on any atom is -0.366 e. The number of nitrogens with zero attached hydrogens (tertiary/aromatic N) is 3. The van der Waals surface area contributed by atoms with E-state index in [9.17, 15) is 4.79 Å². The Morgan fingerprint density at radius 2 is 2.24 bits per heavy atom. The van der Waals surface area contributed by atoms with Gasteiger partial charge in [-0.15, -0.1) is 0 Å². The van der Waals surface area contributed by atoms with Crippen LogP contribution in [0.1, 0.15) is 24.2 Å². The summed E-state index contributed by atoms with van der Waals surface area (Å²) in [5, 5.41) is 0.893. The van der Waals surface area contributed by atoms with Gasteiger partial charge in [0, 0.05) is 19.3 Å². The normalized spacial score (nSPS) is 11.1. The SMILES string of the molecule is CC(C)N(C)c1nc2ncc(C(N)=O)cc2s1. The Hall–Kier alpha value is -1.69. The van der Waals surface area contributed by atoms with Crippen LogP contribution in [0.5, 0.6) is 0 Å². The molecule has 0 aliphatic rings. The van der Waals surface area contributed by atoms with Crippen molar-refractivity contribution in [2.24, 2.45) is 5.73 Å². The van der Waals surface area contributed by atoms with Crippen molar-refractivity contribution in [2.45, 2.75) is 19.9 Å². The van der Waals surface area contributed by atoms with Gasteiger partial charge in [0.15, 0.2) is 10.8 Å². The van der Waals surface area contributed by atoms with E-state index in [4.69, 9.17) is 5.73 Å². The quantitative estimate of drug-likeness (QED) is 0.898. The van der Waals surface area contributed by atoms with Crippen LogP contribution >= 0.6 is 11.3 Å². The average Bonchev–Trinajstić information content (AvgIpc) is 2.69. The highest BCUT2D eigenvalue weighted by Crippen LogP contribution is 2.28. The van der Waals surface area contributed by atoms with E-state index < -0.39 is 5.91 Å². The van der Waals surface area contributed by atoms with E-state index in [-0.39, 0.29) is 0 Å². The second-order valence-electron chi connectivity index (χ2n) is 4.11. The molecule has 2 N–H and O–H groups in total. The average molecular weight is 250 g/mol. The van der Waals surface area contributed by atoms with Gasteiger partial charge in [0.25, 0.3) is 0 Å². The van der Waals surface area contributed by atoms with Crippen LogP contribution in [0.2, 0.25) is 0 Å². The van der Waals surface area contributed by atoms with Crippen molar-refractivity contribution >= 4 is 32.7 Å². The molecule has 2 aromatic heterocycles. The van der Waals surface area contributed by atoms with Crippen molar-refractivity contribution in [3.8, 4) is 0 Å². The van der Waals surface area contributed by atoms with Crippen molar-refractivity contribution in [1.82, 2.24) is 9.97 Å². The van der Waals surface area contributed by atoms with E-state index >= 15 is 0 Å². The number of carbonyl (C=O) groups is 1. The lowest BCUT2D eigenvalue weighted by Crippen LogP contribution is -2.25. The first kappa shape index (κ1) is 11.8. The largest absolute Gasteiger partial charge is 0.366 e. The first-order valence-corrected chi connectivity index (χ1v) is 6.10. The van der Waals surface area contributed by atoms with Gasteiger partial charge < -0.3 is 10.6 Å². The summed E-state index contributed by atoms with van der Waals surface area (Å²) >= 11 is 1.51. The Morgan fingerprint density at radius 3 is 2.82 bits per heavy atom. The molecule has 0 saturated carbocycles. The van der Waals surface area contributed by atoms with Gasteiger partial charge in [-0.2, -0.15) is 4.98 Å². The van der Waals surface area contributed by atoms with Crippen LogP contribution in [0.25, 0.3) is 10.3 Å². The zero-order chi connectivity index (χ0) is 12.6. The summed E-state index contributed by atoms with van der Waals surface area (Å²) in [6.45, 7) is 4.18. The summed E-state index contributed by atoms with van der Waals surface area (Å²) in [4.78, 5) is 21.7. The van der Waals surface area contributed by atoms with E-state index in [0.717, 1.165) is 9.83 Å². The van der Waals surface area contributed by atoms with Crippen LogP contribution in [-0.4, -0.2) is 29.0 Å². The fraction of sp³-hybridized carbons (Fsp3) is 0.364. The molecule has 0 unspecified atom stereocenters. The number of rotatable bonds is 3.